The number of hydrogen-bond acceptors (Lipinski definition) is 4. The second kappa shape index (κ2) is 12.3. The van der Waals surface area contributed by atoms with E-state index in [1.807, 2.05) is 30.3 Å². The molecule has 8 heteroatoms. The summed E-state index contributed by atoms with van der Waals surface area (Å²) in [7, 11) is 1.59. The van der Waals surface area contributed by atoms with E-state index < -0.39 is 11.6 Å². The van der Waals surface area contributed by atoms with E-state index in [4.69, 9.17) is 16.3 Å². The summed E-state index contributed by atoms with van der Waals surface area (Å²) in [5.74, 6) is -0.343. The lowest BCUT2D eigenvalue weighted by Crippen LogP contribution is -2.41. The van der Waals surface area contributed by atoms with Crippen molar-refractivity contribution in [3.8, 4) is 16.9 Å². The van der Waals surface area contributed by atoms with Gasteiger partial charge in [-0.05, 0) is 73.9 Å². The number of Topliss-reactive ketones (excluding diaryl/α,β-unsaturated/α-hetero) is 1. The maximum absolute atomic E-state index is 14.7. The minimum absolute atomic E-state index is 0.00132. The molecule has 0 bridgehead atoms. The Balaban J connectivity index is 1.54. The van der Waals surface area contributed by atoms with Crippen LogP contribution in [0.2, 0.25) is 5.02 Å². The third kappa shape index (κ3) is 5.88. The van der Waals surface area contributed by atoms with E-state index in [0.29, 0.717) is 17.2 Å². The highest BCUT2D eigenvalue weighted by molar-refractivity contribution is 7.21. The minimum atomic E-state index is -0.651. The molecule has 0 N–H and O–H groups in total. The van der Waals surface area contributed by atoms with Gasteiger partial charge in [-0.2, -0.15) is 0 Å². The van der Waals surface area contributed by atoms with Gasteiger partial charge >= 0.3 is 0 Å². The number of ether oxygens (including phenoxy) is 1. The van der Waals surface area contributed by atoms with Crippen LogP contribution in [-0.4, -0.2) is 29.7 Å². The quantitative estimate of drug-likeness (QED) is 0.191. The van der Waals surface area contributed by atoms with Crippen molar-refractivity contribution in [2.45, 2.75) is 58.5 Å². The van der Waals surface area contributed by atoms with E-state index in [9.17, 15) is 18.4 Å². The molecule has 4 aromatic rings. The van der Waals surface area contributed by atoms with Gasteiger partial charge in [0.1, 0.15) is 22.3 Å². The number of rotatable bonds is 8. The fraction of sp³-hybridized carbons (Fsp3) is 0.333. The average Bonchev–Trinajstić information content (AvgIpc) is 3.35. The Labute approximate surface area is 247 Å². The summed E-state index contributed by atoms with van der Waals surface area (Å²) in [5.41, 5.74) is 3.29. The number of carbonyl (C=O) groups excluding carboxylic acids is 2. The third-order valence-electron chi connectivity index (χ3n) is 8.22. The number of nitrogens with zero attached hydrogens (tertiary/aromatic N) is 1. The van der Waals surface area contributed by atoms with Crippen LogP contribution in [0.25, 0.3) is 21.2 Å². The molecule has 4 nitrogen and oxygen atoms in total. The van der Waals surface area contributed by atoms with Gasteiger partial charge in [0.25, 0.3) is 5.91 Å². The standard InChI is InChI=1S/C33H32ClF2NO3S/c1-4-20-5-12-25(13-6-20)37(33(39)32-30(34)29-26(35)14-15-27(36)31(29)41-32)18-24-17-23(11-16-28(24)40-3)22-9-7-21(8-10-22)19(2)38/h7-11,14-17,20,25H,4-6,12-13,18H2,1-3H3/t20-,25-. The van der Waals surface area contributed by atoms with Crippen LogP contribution in [-0.2, 0) is 6.54 Å². The number of ketones is 1. The van der Waals surface area contributed by atoms with Crippen molar-refractivity contribution in [1.29, 1.82) is 0 Å². The topological polar surface area (TPSA) is 46.6 Å². The number of hydrogen-bond donors (Lipinski definition) is 0. The van der Waals surface area contributed by atoms with E-state index in [1.54, 1.807) is 24.1 Å². The highest BCUT2D eigenvalue weighted by Gasteiger charge is 2.33. The number of methoxy groups -OCH3 is 1. The summed E-state index contributed by atoms with van der Waals surface area (Å²) in [4.78, 5) is 27.9. The molecule has 0 spiro atoms. The first-order valence-electron chi connectivity index (χ1n) is 13.9. The Hall–Kier alpha value is -3.29. The Bertz CT molecular complexity index is 1590. The predicted octanol–water partition coefficient (Wildman–Crippen LogP) is 9.32. The Morgan fingerprint density at radius 3 is 2.24 bits per heavy atom. The van der Waals surface area contributed by atoms with Crippen LogP contribution < -0.4 is 4.74 Å². The van der Waals surface area contributed by atoms with E-state index >= 15 is 0 Å². The first kappa shape index (κ1) is 29.2. The Morgan fingerprint density at radius 1 is 0.976 bits per heavy atom. The molecular formula is C33H32ClF2NO3S. The average molecular weight is 596 g/mol. The second-order valence-electron chi connectivity index (χ2n) is 10.7. The summed E-state index contributed by atoms with van der Waals surface area (Å²) in [6, 6.07) is 15.2. The number of carbonyl (C=O) groups is 2. The fourth-order valence-electron chi connectivity index (χ4n) is 5.76. The van der Waals surface area contributed by atoms with Crippen molar-refractivity contribution in [2.24, 2.45) is 5.92 Å². The van der Waals surface area contributed by atoms with Gasteiger partial charge in [-0.3, -0.25) is 9.59 Å². The number of thiophene rings is 1. The van der Waals surface area contributed by atoms with Gasteiger partial charge in [0, 0.05) is 23.7 Å². The van der Waals surface area contributed by atoms with Crippen molar-refractivity contribution >= 4 is 44.7 Å². The van der Waals surface area contributed by atoms with Gasteiger partial charge in [0.15, 0.2) is 5.78 Å². The summed E-state index contributed by atoms with van der Waals surface area (Å²) in [6.45, 7) is 3.97. The maximum Gasteiger partial charge on any atom is 0.266 e. The van der Waals surface area contributed by atoms with Crippen LogP contribution in [0.5, 0.6) is 5.75 Å². The van der Waals surface area contributed by atoms with Crippen molar-refractivity contribution in [1.82, 2.24) is 4.90 Å². The second-order valence-corrected chi connectivity index (χ2v) is 12.1. The molecular weight excluding hydrogens is 564 g/mol. The zero-order valence-corrected chi connectivity index (χ0v) is 24.9. The lowest BCUT2D eigenvalue weighted by atomic mass is 9.83. The van der Waals surface area contributed by atoms with Crippen molar-refractivity contribution in [3.05, 3.63) is 87.3 Å². The van der Waals surface area contributed by atoms with Gasteiger partial charge in [-0.15, -0.1) is 11.3 Å². The zero-order chi connectivity index (χ0) is 29.3. The van der Waals surface area contributed by atoms with Crippen LogP contribution in [0.15, 0.2) is 54.6 Å². The molecule has 1 heterocycles. The summed E-state index contributed by atoms with van der Waals surface area (Å²) < 4.78 is 35.0. The molecule has 1 fully saturated rings. The zero-order valence-electron chi connectivity index (χ0n) is 23.3. The van der Waals surface area contributed by atoms with Crippen molar-refractivity contribution < 1.29 is 23.1 Å². The van der Waals surface area contributed by atoms with Crippen LogP contribution >= 0.6 is 22.9 Å². The van der Waals surface area contributed by atoms with Crippen LogP contribution in [0, 0.1) is 17.6 Å². The molecule has 3 aromatic carbocycles. The highest BCUT2D eigenvalue weighted by atomic mass is 35.5. The molecule has 1 aliphatic rings. The molecule has 1 saturated carbocycles. The first-order chi connectivity index (χ1) is 19.7. The van der Waals surface area contributed by atoms with Crippen LogP contribution in [0.4, 0.5) is 8.78 Å². The Morgan fingerprint density at radius 2 is 1.63 bits per heavy atom. The fourth-order valence-corrected chi connectivity index (χ4v) is 7.26. The summed E-state index contributed by atoms with van der Waals surface area (Å²) in [5, 5.41) is -0.103. The first-order valence-corrected chi connectivity index (χ1v) is 15.1. The number of halogens is 3. The predicted molar refractivity (Wildman–Crippen MR) is 161 cm³/mol. The molecule has 0 saturated heterocycles. The van der Waals surface area contributed by atoms with Crippen LogP contribution in [0.3, 0.4) is 0 Å². The highest BCUT2D eigenvalue weighted by Crippen LogP contribution is 2.41. The molecule has 1 aliphatic carbocycles. The maximum atomic E-state index is 14.7. The van der Waals surface area contributed by atoms with Crippen molar-refractivity contribution in [3.63, 3.8) is 0 Å². The van der Waals surface area contributed by atoms with Gasteiger partial charge in [0.05, 0.1) is 22.2 Å². The third-order valence-corrected chi connectivity index (χ3v) is 9.89. The molecule has 0 aliphatic heterocycles. The van der Waals surface area contributed by atoms with Gasteiger partial charge in [-0.25, -0.2) is 8.78 Å². The van der Waals surface area contributed by atoms with Gasteiger partial charge in [-0.1, -0.05) is 55.3 Å². The molecule has 1 aromatic heterocycles. The lowest BCUT2D eigenvalue weighted by Gasteiger charge is -2.37. The Kier molecular flexibility index (Phi) is 8.76. The SMILES string of the molecule is CC[C@H]1CC[C@H](N(Cc2cc(-c3ccc(C(C)=O)cc3)ccc2OC)C(=O)c2sc3c(F)ccc(F)c3c2Cl)CC1. The summed E-state index contributed by atoms with van der Waals surface area (Å²) >= 11 is 7.46. The van der Waals surface area contributed by atoms with E-state index in [-0.39, 0.29) is 44.3 Å². The van der Waals surface area contributed by atoms with Gasteiger partial charge in [0.2, 0.25) is 0 Å². The molecule has 1 amide bonds. The molecule has 41 heavy (non-hydrogen) atoms. The van der Waals surface area contributed by atoms with E-state index in [0.717, 1.165) is 72.3 Å². The molecule has 0 atom stereocenters. The monoisotopic (exact) mass is 595 g/mol. The lowest BCUT2D eigenvalue weighted by molar-refractivity contribution is 0.0591. The molecule has 0 unspecified atom stereocenters. The normalized spacial score (nSPS) is 17.0. The number of benzene rings is 3. The number of fused-ring (bicyclic) bond motifs is 1. The molecule has 214 valence electrons. The smallest absolute Gasteiger partial charge is 0.266 e. The molecule has 0 radical (unpaired) electrons. The van der Waals surface area contributed by atoms with Gasteiger partial charge < -0.3 is 9.64 Å². The summed E-state index contributed by atoms with van der Waals surface area (Å²) in [6.07, 6.45) is 4.79. The number of amides is 1. The minimum Gasteiger partial charge on any atom is -0.496 e. The van der Waals surface area contributed by atoms with Crippen LogP contribution in [0.1, 0.15) is 71.5 Å². The largest absolute Gasteiger partial charge is 0.496 e. The van der Waals surface area contributed by atoms with E-state index in [2.05, 4.69) is 6.92 Å². The van der Waals surface area contributed by atoms with E-state index in [1.165, 1.54) is 6.92 Å². The molecule has 5 rings (SSSR count). The van der Waals surface area contributed by atoms with Crippen molar-refractivity contribution in [2.75, 3.05) is 7.11 Å².